The summed E-state index contributed by atoms with van der Waals surface area (Å²) in [5.74, 6) is 0.454. The molecule has 4 aromatic carbocycles. The summed E-state index contributed by atoms with van der Waals surface area (Å²) in [6.07, 6.45) is 2.28. The summed E-state index contributed by atoms with van der Waals surface area (Å²) in [6.45, 7) is 19.1. The number of hydrogen-bond acceptors (Lipinski definition) is 9. The third-order valence-electron chi connectivity index (χ3n) is 5.71. The minimum Gasteiger partial charge on any atom is -0.497 e. The van der Waals surface area contributed by atoms with Crippen LogP contribution in [0.15, 0.2) is 109 Å². The molecule has 9 nitrogen and oxygen atoms in total. The first-order valence-electron chi connectivity index (χ1n) is 18.7. The van der Waals surface area contributed by atoms with Crippen molar-refractivity contribution in [2.45, 2.75) is 88.5 Å². The Balaban J connectivity index is -0.000000338. The molecule has 0 radical (unpaired) electrons. The number of methoxy groups -OCH3 is 3. The van der Waals surface area contributed by atoms with Crippen molar-refractivity contribution in [1.29, 1.82) is 0 Å². The molecule has 0 aromatic heterocycles. The topological polar surface area (TPSA) is 114 Å². The van der Waals surface area contributed by atoms with Gasteiger partial charge in [-0.1, -0.05) is 135 Å². The van der Waals surface area contributed by atoms with Crippen molar-refractivity contribution in [2.24, 2.45) is 0 Å². The molecule has 0 spiro atoms. The van der Waals surface area contributed by atoms with E-state index in [2.05, 4.69) is 23.3 Å². The highest BCUT2D eigenvalue weighted by Gasteiger charge is 2.09. The van der Waals surface area contributed by atoms with Crippen LogP contribution in [0.1, 0.15) is 114 Å². The molecule has 0 heterocycles. The van der Waals surface area contributed by atoms with Crippen molar-refractivity contribution >= 4 is 23.7 Å². The summed E-state index contributed by atoms with van der Waals surface area (Å²) in [7, 11) is 6.26. The normalized spacial score (nSPS) is 8.47. The van der Waals surface area contributed by atoms with Gasteiger partial charge in [0.25, 0.3) is 0 Å². The summed E-state index contributed by atoms with van der Waals surface area (Å²) >= 11 is 0. The fourth-order valence-electron chi connectivity index (χ4n) is 3.48. The molecule has 0 bridgehead atoms. The summed E-state index contributed by atoms with van der Waals surface area (Å²) in [5.41, 5.74) is 3.51. The zero-order valence-electron chi connectivity index (χ0n) is 35.9. The van der Waals surface area contributed by atoms with Crippen LogP contribution in [-0.4, -0.2) is 58.7 Å². The lowest BCUT2D eigenvalue weighted by molar-refractivity contribution is -0.138. The molecular formula is C46H68O9. The van der Waals surface area contributed by atoms with E-state index in [0.29, 0.717) is 16.9 Å². The smallest absolute Gasteiger partial charge is 0.338 e. The number of hydrogen-bond donors (Lipinski definition) is 0. The third kappa shape index (κ3) is 33.1. The van der Waals surface area contributed by atoms with Gasteiger partial charge in [-0.2, -0.15) is 0 Å². The van der Waals surface area contributed by atoms with Gasteiger partial charge in [-0.15, -0.1) is 0 Å². The second-order valence-corrected chi connectivity index (χ2v) is 10.1. The van der Waals surface area contributed by atoms with E-state index in [9.17, 15) is 19.2 Å². The average molecular weight is 765 g/mol. The molecule has 0 unspecified atom stereocenters. The lowest BCUT2D eigenvalue weighted by atomic mass is 10.0. The van der Waals surface area contributed by atoms with Crippen LogP contribution in [0.2, 0.25) is 0 Å². The lowest BCUT2D eigenvalue weighted by Gasteiger charge is -2.05. The Hall–Kier alpha value is -5.28. The van der Waals surface area contributed by atoms with Crippen LogP contribution in [0, 0.1) is 0 Å². The van der Waals surface area contributed by atoms with Gasteiger partial charge >= 0.3 is 17.9 Å². The highest BCUT2D eigenvalue weighted by Crippen LogP contribution is 2.17. The molecule has 4 aromatic rings. The standard InChI is InChI=1S/C16H16O3.C16H14O3.C3H6O2.C3H8.C2H6O.3C2H6/c1-12(17)19-16-9-5-14(6-10-16)11-13-3-7-15(18-2)8-4-13;17-15(13-7-3-1-4-8-13)11-12-19-16(18)14-9-5-2-6-10-14;1-3(4)5-2;2*1-3-2;3*1-2/h3-10H,11H2,1-2H3;1-10H,11-12H2;1-2H3;3H2,1-2H3;1-2H3;3*1-2H3. The number of carbonyl (C=O) groups is 4. The molecular weight excluding hydrogens is 696 g/mol. The lowest BCUT2D eigenvalue weighted by Crippen LogP contribution is -2.10. The molecule has 0 saturated heterocycles. The Labute approximate surface area is 332 Å². The van der Waals surface area contributed by atoms with Gasteiger partial charge in [0.15, 0.2) is 5.78 Å². The predicted molar refractivity (Wildman–Crippen MR) is 226 cm³/mol. The van der Waals surface area contributed by atoms with E-state index in [0.717, 1.165) is 12.2 Å². The highest BCUT2D eigenvalue weighted by atomic mass is 16.5. The van der Waals surface area contributed by atoms with E-state index in [1.165, 1.54) is 38.5 Å². The molecule has 55 heavy (non-hydrogen) atoms. The van der Waals surface area contributed by atoms with E-state index in [-0.39, 0.29) is 30.7 Å². The van der Waals surface area contributed by atoms with Crippen LogP contribution >= 0.6 is 0 Å². The molecule has 0 fully saturated rings. The van der Waals surface area contributed by atoms with Gasteiger partial charge < -0.3 is 23.7 Å². The van der Waals surface area contributed by atoms with E-state index < -0.39 is 5.97 Å². The zero-order valence-corrected chi connectivity index (χ0v) is 35.9. The maximum absolute atomic E-state index is 11.8. The van der Waals surface area contributed by atoms with Gasteiger partial charge in [0.1, 0.15) is 11.5 Å². The van der Waals surface area contributed by atoms with Crippen LogP contribution in [0.4, 0.5) is 0 Å². The Morgan fingerprint density at radius 1 is 0.527 bits per heavy atom. The molecule has 0 amide bonds. The molecule has 9 heteroatoms. The fourth-order valence-corrected chi connectivity index (χ4v) is 3.48. The number of benzene rings is 4. The molecule has 0 atom stereocenters. The van der Waals surface area contributed by atoms with Gasteiger partial charge in [0.2, 0.25) is 0 Å². The number of Topliss-reactive ketones (excluding diaryl/α,β-unsaturated/α-hetero) is 1. The van der Waals surface area contributed by atoms with Crippen LogP contribution in [-0.2, 0) is 30.2 Å². The van der Waals surface area contributed by atoms with E-state index in [1.807, 2.05) is 102 Å². The van der Waals surface area contributed by atoms with Crippen LogP contribution < -0.4 is 9.47 Å². The van der Waals surface area contributed by atoms with Crippen molar-refractivity contribution in [1.82, 2.24) is 0 Å². The predicted octanol–water partition coefficient (Wildman–Crippen LogP) is 11.3. The number of ether oxygens (including phenoxy) is 5. The van der Waals surface area contributed by atoms with Gasteiger partial charge in [-0.25, -0.2) is 4.79 Å². The molecule has 0 aliphatic heterocycles. The highest BCUT2D eigenvalue weighted by molar-refractivity contribution is 5.96. The maximum atomic E-state index is 11.8. The summed E-state index contributed by atoms with van der Waals surface area (Å²) in [5, 5.41) is 0. The number of rotatable bonds is 9. The van der Waals surface area contributed by atoms with E-state index >= 15 is 0 Å². The van der Waals surface area contributed by atoms with Gasteiger partial charge in [-0.3, -0.25) is 14.4 Å². The van der Waals surface area contributed by atoms with E-state index in [4.69, 9.17) is 14.2 Å². The van der Waals surface area contributed by atoms with Gasteiger partial charge in [-0.05, 0) is 53.9 Å². The molecule has 0 saturated carbocycles. The van der Waals surface area contributed by atoms with Gasteiger partial charge in [0.05, 0.1) is 26.4 Å². The molecule has 4 rings (SSSR count). The van der Waals surface area contributed by atoms with Crippen molar-refractivity contribution in [2.75, 3.05) is 35.0 Å². The Kier molecular flexibility index (Phi) is 42.6. The monoisotopic (exact) mass is 764 g/mol. The first-order chi connectivity index (χ1) is 26.5. The maximum Gasteiger partial charge on any atom is 0.338 e. The second-order valence-electron chi connectivity index (χ2n) is 10.1. The quantitative estimate of drug-likeness (QED) is 0.0933. The Morgan fingerprint density at radius 3 is 1.24 bits per heavy atom. The van der Waals surface area contributed by atoms with Crippen LogP contribution in [0.5, 0.6) is 11.5 Å². The Morgan fingerprint density at radius 2 is 0.891 bits per heavy atom. The SMILES string of the molecule is CC.CC.CC.CCC.COC.COC(C)=O.COc1ccc(Cc2ccc(OC(C)=O)cc2)cc1.O=C(CCOC(=O)c1ccccc1)c1ccccc1. The third-order valence-corrected chi connectivity index (χ3v) is 5.71. The first-order valence-corrected chi connectivity index (χ1v) is 18.7. The Bertz CT molecular complexity index is 1400. The van der Waals surface area contributed by atoms with Crippen molar-refractivity contribution in [3.63, 3.8) is 0 Å². The first kappa shape index (κ1) is 56.5. The van der Waals surface area contributed by atoms with Crippen molar-refractivity contribution in [3.8, 4) is 11.5 Å². The van der Waals surface area contributed by atoms with Crippen LogP contribution in [0.3, 0.4) is 0 Å². The van der Waals surface area contributed by atoms with Crippen LogP contribution in [0.25, 0.3) is 0 Å². The second kappa shape index (κ2) is 41.5. The molecule has 0 N–H and O–H groups in total. The van der Waals surface area contributed by atoms with Crippen molar-refractivity contribution < 1.29 is 42.9 Å². The largest absolute Gasteiger partial charge is 0.497 e. The zero-order chi connectivity index (χ0) is 42.9. The fraction of sp³-hybridized carbons (Fsp3) is 0.391. The average Bonchev–Trinajstić information content (AvgIpc) is 3.22. The minimum atomic E-state index is -0.401. The summed E-state index contributed by atoms with van der Waals surface area (Å²) < 4.78 is 23.5. The number of carbonyl (C=O) groups excluding carboxylic acids is 4. The van der Waals surface area contributed by atoms with Crippen molar-refractivity contribution in [3.05, 3.63) is 131 Å². The minimum absolute atomic E-state index is 0.0264. The molecule has 0 aliphatic carbocycles. The van der Waals surface area contributed by atoms with Gasteiger partial charge in [0, 0.05) is 40.1 Å². The summed E-state index contributed by atoms with van der Waals surface area (Å²) in [4.78, 5) is 43.8. The molecule has 306 valence electrons. The van der Waals surface area contributed by atoms with E-state index in [1.54, 1.807) is 69.9 Å². The summed E-state index contributed by atoms with van der Waals surface area (Å²) in [6, 6.07) is 33.2. The number of esters is 3. The number of ketones is 1. The molecule has 0 aliphatic rings.